The predicted octanol–water partition coefficient (Wildman–Crippen LogP) is 4.49. The number of amides is 1. The fourth-order valence-corrected chi connectivity index (χ4v) is 4.71. The van der Waals surface area contributed by atoms with Gasteiger partial charge in [-0.25, -0.2) is 4.98 Å². The Hall–Kier alpha value is -2.12. The lowest BCUT2D eigenvalue weighted by Gasteiger charge is -2.15. The van der Waals surface area contributed by atoms with Gasteiger partial charge in [-0.3, -0.25) is 14.2 Å². The number of unbranched alkanes of at least 4 members (excludes halogenated alkanes) is 1. The number of nitrogens with one attached hydrogen (secondary N) is 1. The molecule has 154 valence electrons. The Morgan fingerprint density at radius 1 is 1.28 bits per heavy atom. The molecule has 1 aromatic carbocycles. The van der Waals surface area contributed by atoms with Crippen LogP contribution in [-0.4, -0.2) is 27.3 Å². The highest BCUT2D eigenvalue weighted by Crippen LogP contribution is 2.21. The number of carbonyl (C=O) groups is 1. The number of fused-ring (bicyclic) bond motifs is 1. The minimum absolute atomic E-state index is 0.00223. The molecule has 3 aromatic rings. The van der Waals surface area contributed by atoms with Crippen molar-refractivity contribution in [3.8, 4) is 0 Å². The first kappa shape index (κ1) is 21.6. The summed E-state index contributed by atoms with van der Waals surface area (Å²) in [6.07, 6.45) is 3.73. The van der Waals surface area contributed by atoms with Crippen LogP contribution in [0.15, 0.2) is 51.7 Å². The molecule has 29 heavy (non-hydrogen) atoms. The maximum atomic E-state index is 12.8. The van der Waals surface area contributed by atoms with Crippen LogP contribution in [0.1, 0.15) is 38.7 Å². The van der Waals surface area contributed by atoms with Crippen LogP contribution in [0, 0.1) is 0 Å². The van der Waals surface area contributed by atoms with Gasteiger partial charge in [0.05, 0.1) is 11.3 Å². The number of thiophene rings is 1. The standard InChI is InChI=1S/C22H27N3O2S2/c1-3-4-13-25-21(27)20-18(12-14-28-20)24-22(25)29-15-19(26)23-16(2)10-11-17-8-6-5-7-9-17/h5-9,12,14,16H,3-4,10-11,13,15H2,1-2H3,(H,23,26)/t16-/m0/s1. The van der Waals surface area contributed by atoms with Crippen molar-refractivity contribution >= 4 is 39.2 Å². The van der Waals surface area contributed by atoms with Crippen molar-refractivity contribution in [2.45, 2.75) is 57.3 Å². The summed E-state index contributed by atoms with van der Waals surface area (Å²) in [4.78, 5) is 29.8. The van der Waals surface area contributed by atoms with E-state index in [1.165, 1.54) is 28.7 Å². The molecule has 5 nitrogen and oxygen atoms in total. The van der Waals surface area contributed by atoms with Crippen molar-refractivity contribution in [2.75, 3.05) is 5.75 Å². The van der Waals surface area contributed by atoms with Crippen molar-refractivity contribution in [3.63, 3.8) is 0 Å². The summed E-state index contributed by atoms with van der Waals surface area (Å²) < 4.78 is 2.41. The van der Waals surface area contributed by atoms with Gasteiger partial charge in [-0.05, 0) is 43.2 Å². The molecular formula is C22H27N3O2S2. The van der Waals surface area contributed by atoms with E-state index in [9.17, 15) is 9.59 Å². The zero-order valence-electron chi connectivity index (χ0n) is 16.9. The van der Waals surface area contributed by atoms with Crippen LogP contribution >= 0.6 is 23.1 Å². The molecule has 0 radical (unpaired) electrons. The number of rotatable bonds is 10. The first-order valence-corrected chi connectivity index (χ1v) is 11.9. The van der Waals surface area contributed by atoms with Gasteiger partial charge in [-0.15, -0.1) is 11.3 Å². The Morgan fingerprint density at radius 2 is 2.07 bits per heavy atom. The van der Waals surface area contributed by atoms with Crippen LogP contribution in [0.3, 0.4) is 0 Å². The van der Waals surface area contributed by atoms with Crippen LogP contribution in [0.2, 0.25) is 0 Å². The molecule has 0 aliphatic heterocycles. The second kappa shape index (κ2) is 10.6. The number of aromatic nitrogens is 2. The summed E-state index contributed by atoms with van der Waals surface area (Å²) in [6, 6.07) is 12.2. The van der Waals surface area contributed by atoms with Gasteiger partial charge in [0.15, 0.2) is 5.16 Å². The summed E-state index contributed by atoms with van der Waals surface area (Å²) in [6.45, 7) is 4.76. The molecule has 1 atom stereocenters. The smallest absolute Gasteiger partial charge is 0.272 e. The number of carbonyl (C=O) groups excluding carboxylic acids is 1. The number of hydrogen-bond donors (Lipinski definition) is 1. The van der Waals surface area contributed by atoms with Crippen LogP contribution < -0.4 is 10.9 Å². The fourth-order valence-electron chi connectivity index (χ4n) is 3.09. The lowest BCUT2D eigenvalue weighted by Crippen LogP contribution is -2.34. The van der Waals surface area contributed by atoms with Crippen LogP contribution in [0.25, 0.3) is 10.2 Å². The first-order chi connectivity index (χ1) is 14.1. The topological polar surface area (TPSA) is 64.0 Å². The summed E-state index contributed by atoms with van der Waals surface area (Å²) in [5.74, 6) is 0.224. The lowest BCUT2D eigenvalue weighted by atomic mass is 10.1. The molecule has 0 bridgehead atoms. The molecule has 2 heterocycles. The van der Waals surface area contributed by atoms with Gasteiger partial charge in [0.1, 0.15) is 4.70 Å². The van der Waals surface area contributed by atoms with E-state index in [2.05, 4.69) is 29.4 Å². The van der Waals surface area contributed by atoms with Gasteiger partial charge in [0, 0.05) is 12.6 Å². The van der Waals surface area contributed by atoms with E-state index >= 15 is 0 Å². The molecule has 0 fully saturated rings. The molecule has 0 aliphatic rings. The van der Waals surface area contributed by atoms with Gasteiger partial charge in [-0.2, -0.15) is 0 Å². The van der Waals surface area contributed by atoms with Crippen molar-refractivity contribution < 1.29 is 4.79 Å². The van der Waals surface area contributed by atoms with E-state index in [1.54, 1.807) is 4.57 Å². The third-order valence-corrected chi connectivity index (χ3v) is 6.58. The second-order valence-electron chi connectivity index (χ2n) is 7.12. The number of aryl methyl sites for hydroxylation is 1. The number of hydrogen-bond acceptors (Lipinski definition) is 5. The van der Waals surface area contributed by atoms with Crippen molar-refractivity contribution in [1.29, 1.82) is 0 Å². The molecule has 3 rings (SSSR count). The van der Waals surface area contributed by atoms with Crippen molar-refractivity contribution in [2.24, 2.45) is 0 Å². The second-order valence-corrected chi connectivity index (χ2v) is 8.98. The average molecular weight is 430 g/mol. The molecule has 2 aromatic heterocycles. The third-order valence-electron chi connectivity index (χ3n) is 4.71. The van der Waals surface area contributed by atoms with Crippen LogP contribution in [0.4, 0.5) is 0 Å². The number of nitrogens with zero attached hydrogens (tertiary/aromatic N) is 2. The highest BCUT2D eigenvalue weighted by atomic mass is 32.2. The average Bonchev–Trinajstić information content (AvgIpc) is 3.20. The van der Waals surface area contributed by atoms with Gasteiger partial charge >= 0.3 is 0 Å². The van der Waals surface area contributed by atoms with E-state index in [0.29, 0.717) is 21.9 Å². The summed E-state index contributed by atoms with van der Waals surface area (Å²) in [5.41, 5.74) is 1.99. The third kappa shape index (κ3) is 5.93. The Kier molecular flexibility index (Phi) is 7.89. The van der Waals surface area contributed by atoms with E-state index in [4.69, 9.17) is 0 Å². The molecule has 7 heteroatoms. The van der Waals surface area contributed by atoms with Gasteiger partial charge in [0.25, 0.3) is 5.56 Å². The monoisotopic (exact) mass is 429 g/mol. The Morgan fingerprint density at radius 3 is 2.83 bits per heavy atom. The highest BCUT2D eigenvalue weighted by molar-refractivity contribution is 7.99. The Bertz CT molecular complexity index is 998. The molecule has 0 spiro atoms. The number of thioether (sulfide) groups is 1. The highest BCUT2D eigenvalue weighted by Gasteiger charge is 2.15. The summed E-state index contributed by atoms with van der Waals surface area (Å²) >= 11 is 2.76. The summed E-state index contributed by atoms with van der Waals surface area (Å²) in [7, 11) is 0. The minimum Gasteiger partial charge on any atom is -0.353 e. The van der Waals surface area contributed by atoms with Gasteiger partial charge < -0.3 is 5.32 Å². The van der Waals surface area contributed by atoms with Crippen LogP contribution in [-0.2, 0) is 17.8 Å². The van der Waals surface area contributed by atoms with Gasteiger partial charge in [0.2, 0.25) is 5.91 Å². The molecule has 0 aliphatic carbocycles. The Balaban J connectivity index is 1.59. The molecule has 1 N–H and O–H groups in total. The Labute approximate surface area is 179 Å². The molecule has 0 saturated carbocycles. The first-order valence-electron chi connectivity index (χ1n) is 10.0. The van der Waals surface area contributed by atoms with Crippen molar-refractivity contribution in [3.05, 3.63) is 57.7 Å². The molecule has 1 amide bonds. The van der Waals surface area contributed by atoms with E-state index < -0.39 is 0 Å². The molecule has 0 saturated heterocycles. The van der Waals surface area contributed by atoms with E-state index in [-0.39, 0.29) is 23.3 Å². The quantitative estimate of drug-likeness (QED) is 0.381. The maximum Gasteiger partial charge on any atom is 0.272 e. The minimum atomic E-state index is -0.0303. The van der Waals surface area contributed by atoms with E-state index in [0.717, 1.165) is 25.7 Å². The predicted molar refractivity (Wildman–Crippen MR) is 122 cm³/mol. The lowest BCUT2D eigenvalue weighted by molar-refractivity contribution is -0.119. The zero-order chi connectivity index (χ0) is 20.6. The normalized spacial score (nSPS) is 12.2. The van der Waals surface area contributed by atoms with Gasteiger partial charge in [-0.1, -0.05) is 55.4 Å². The largest absolute Gasteiger partial charge is 0.353 e. The molecular weight excluding hydrogens is 402 g/mol. The van der Waals surface area contributed by atoms with E-state index in [1.807, 2.05) is 36.6 Å². The van der Waals surface area contributed by atoms with Crippen LogP contribution in [0.5, 0.6) is 0 Å². The number of benzene rings is 1. The summed E-state index contributed by atoms with van der Waals surface area (Å²) in [5, 5.41) is 5.57. The SMILES string of the molecule is CCCCn1c(SCC(=O)N[C@@H](C)CCc2ccccc2)nc2ccsc2c1=O. The molecule has 0 unspecified atom stereocenters. The fraction of sp³-hybridized carbons (Fsp3) is 0.409. The maximum absolute atomic E-state index is 12.8. The van der Waals surface area contributed by atoms with Crippen molar-refractivity contribution in [1.82, 2.24) is 14.9 Å². The zero-order valence-corrected chi connectivity index (χ0v) is 18.5.